The zero-order chi connectivity index (χ0) is 16.8. The Balaban J connectivity index is 1.91. The molecule has 0 aromatic heterocycles. The summed E-state index contributed by atoms with van der Waals surface area (Å²) < 4.78 is 19.0. The fourth-order valence-corrected chi connectivity index (χ4v) is 2.84. The predicted molar refractivity (Wildman–Crippen MR) is 90.0 cm³/mol. The number of nitrogens with one attached hydrogen (secondary N) is 1. The lowest BCUT2D eigenvalue weighted by atomic mass is 9.87. The van der Waals surface area contributed by atoms with Gasteiger partial charge in [0.2, 0.25) is 0 Å². The molecule has 1 unspecified atom stereocenters. The Morgan fingerprint density at radius 1 is 1.04 bits per heavy atom. The predicted octanol–water partition coefficient (Wildman–Crippen LogP) is 0.980. The summed E-state index contributed by atoms with van der Waals surface area (Å²) in [6.45, 7) is 3.94. The molecule has 3 rings (SSSR count). The van der Waals surface area contributed by atoms with E-state index in [0.717, 1.165) is 26.3 Å². The molecule has 3 nitrogen and oxygen atoms in total. The van der Waals surface area contributed by atoms with E-state index in [9.17, 15) is 9.50 Å². The van der Waals surface area contributed by atoms with Gasteiger partial charge in [-0.15, -0.1) is 0 Å². The average molecular weight is 326 g/mol. The van der Waals surface area contributed by atoms with E-state index < -0.39 is 5.60 Å². The van der Waals surface area contributed by atoms with Gasteiger partial charge in [-0.25, -0.2) is 4.39 Å². The lowest BCUT2D eigenvalue weighted by Gasteiger charge is -2.24. The highest BCUT2D eigenvalue weighted by Crippen LogP contribution is 2.29. The molecular weight excluding hydrogens is 305 g/mol. The lowest BCUT2D eigenvalue weighted by molar-refractivity contribution is -0.900. The van der Waals surface area contributed by atoms with E-state index in [1.165, 1.54) is 17.0 Å². The van der Waals surface area contributed by atoms with E-state index in [4.69, 9.17) is 4.74 Å². The highest BCUT2D eigenvalue weighted by Gasteiger charge is 2.29. The first-order chi connectivity index (χ1) is 11.7. The van der Waals surface area contributed by atoms with Crippen molar-refractivity contribution in [1.29, 1.82) is 0 Å². The van der Waals surface area contributed by atoms with Gasteiger partial charge in [-0.1, -0.05) is 48.4 Å². The summed E-state index contributed by atoms with van der Waals surface area (Å²) >= 11 is 0. The number of halogens is 1. The molecule has 2 N–H and O–H groups in total. The van der Waals surface area contributed by atoms with Crippen molar-refractivity contribution in [3.8, 4) is 11.8 Å². The van der Waals surface area contributed by atoms with Crippen LogP contribution in [0, 0.1) is 17.7 Å². The molecule has 1 fully saturated rings. The first-order valence-electron chi connectivity index (χ1n) is 8.14. The maximum atomic E-state index is 13.6. The van der Waals surface area contributed by atoms with Gasteiger partial charge in [-0.2, -0.15) is 0 Å². The fourth-order valence-electron chi connectivity index (χ4n) is 2.84. The van der Waals surface area contributed by atoms with Crippen LogP contribution in [0.1, 0.15) is 11.1 Å². The van der Waals surface area contributed by atoms with Crippen molar-refractivity contribution in [1.82, 2.24) is 0 Å². The molecule has 1 aliphatic rings. The maximum absolute atomic E-state index is 13.6. The number of quaternary nitrogens is 1. The van der Waals surface area contributed by atoms with E-state index in [1.807, 2.05) is 18.2 Å². The number of ether oxygens (including phenoxy) is 1. The average Bonchev–Trinajstić information content (AvgIpc) is 2.63. The van der Waals surface area contributed by atoms with Gasteiger partial charge in [0.05, 0.1) is 13.2 Å². The van der Waals surface area contributed by atoms with Crippen molar-refractivity contribution in [3.05, 3.63) is 71.5 Å². The van der Waals surface area contributed by atoms with E-state index in [2.05, 4.69) is 11.8 Å². The van der Waals surface area contributed by atoms with Crippen molar-refractivity contribution in [3.63, 3.8) is 0 Å². The Bertz CT molecular complexity index is 732. The monoisotopic (exact) mass is 326 g/mol. The minimum atomic E-state index is -1.52. The third kappa shape index (κ3) is 3.82. The second-order valence-electron chi connectivity index (χ2n) is 5.93. The summed E-state index contributed by atoms with van der Waals surface area (Å²) in [6.07, 6.45) is 0. The van der Waals surface area contributed by atoms with Crippen molar-refractivity contribution >= 4 is 0 Å². The summed E-state index contributed by atoms with van der Waals surface area (Å²) in [6, 6.07) is 15.2. The maximum Gasteiger partial charge on any atom is 0.177 e. The molecule has 4 heteroatoms. The summed E-state index contributed by atoms with van der Waals surface area (Å²) in [5, 5.41) is 11.2. The number of hydrogen-bond donors (Lipinski definition) is 2. The zero-order valence-electron chi connectivity index (χ0n) is 13.5. The topological polar surface area (TPSA) is 33.9 Å². The van der Waals surface area contributed by atoms with Gasteiger partial charge in [-0.05, 0) is 18.1 Å². The van der Waals surface area contributed by atoms with Gasteiger partial charge in [0.25, 0.3) is 0 Å². The van der Waals surface area contributed by atoms with Gasteiger partial charge < -0.3 is 14.7 Å². The number of morpholine rings is 1. The lowest BCUT2D eigenvalue weighted by Crippen LogP contribution is -3.14. The highest BCUT2D eigenvalue weighted by molar-refractivity contribution is 5.44. The van der Waals surface area contributed by atoms with Gasteiger partial charge in [-0.3, -0.25) is 0 Å². The van der Waals surface area contributed by atoms with Gasteiger partial charge in [0.1, 0.15) is 25.5 Å². The molecule has 1 atom stereocenters. The van der Waals surface area contributed by atoms with Crippen LogP contribution in [0.3, 0.4) is 0 Å². The Hall–Kier alpha value is -2.19. The second kappa shape index (κ2) is 7.59. The molecule has 24 heavy (non-hydrogen) atoms. The van der Waals surface area contributed by atoms with Crippen LogP contribution in [-0.4, -0.2) is 38.0 Å². The molecule has 2 aromatic rings. The van der Waals surface area contributed by atoms with Crippen LogP contribution in [-0.2, 0) is 10.3 Å². The Kier molecular flexibility index (Phi) is 5.27. The summed E-state index contributed by atoms with van der Waals surface area (Å²) in [4.78, 5) is 1.34. The van der Waals surface area contributed by atoms with Crippen LogP contribution in [0.2, 0.25) is 0 Å². The van der Waals surface area contributed by atoms with E-state index in [0.29, 0.717) is 17.7 Å². The molecule has 0 radical (unpaired) electrons. The summed E-state index contributed by atoms with van der Waals surface area (Å²) in [5.41, 5.74) is -0.437. The Labute approximate surface area is 141 Å². The van der Waals surface area contributed by atoms with Crippen LogP contribution in [0.25, 0.3) is 0 Å². The van der Waals surface area contributed by atoms with Crippen molar-refractivity contribution in [2.75, 3.05) is 32.8 Å². The van der Waals surface area contributed by atoms with Crippen LogP contribution in [0.5, 0.6) is 0 Å². The van der Waals surface area contributed by atoms with E-state index >= 15 is 0 Å². The summed E-state index contributed by atoms with van der Waals surface area (Å²) in [5.74, 6) is 5.69. The molecule has 0 aliphatic carbocycles. The van der Waals surface area contributed by atoms with Crippen molar-refractivity contribution < 1.29 is 19.1 Å². The van der Waals surface area contributed by atoms with Crippen molar-refractivity contribution in [2.45, 2.75) is 5.60 Å². The molecule has 0 bridgehead atoms. The summed E-state index contributed by atoms with van der Waals surface area (Å²) in [7, 11) is 0. The third-order valence-corrected chi connectivity index (χ3v) is 4.24. The molecule has 1 aliphatic heterocycles. The first-order valence-corrected chi connectivity index (χ1v) is 8.14. The Morgan fingerprint density at radius 2 is 1.75 bits per heavy atom. The largest absolute Gasteiger partial charge is 0.370 e. The fraction of sp³-hybridized carbons (Fsp3) is 0.300. The SMILES string of the molecule is OC(C#CC[NH+]1CCOCC1)(c1ccccc1)c1cccc(F)c1. The number of aliphatic hydroxyl groups is 1. The third-order valence-electron chi connectivity index (χ3n) is 4.24. The van der Waals surface area contributed by atoms with Crippen LogP contribution in [0.4, 0.5) is 4.39 Å². The molecule has 1 saturated heterocycles. The van der Waals surface area contributed by atoms with E-state index in [-0.39, 0.29) is 5.82 Å². The smallest absolute Gasteiger partial charge is 0.177 e. The van der Waals surface area contributed by atoms with Crippen molar-refractivity contribution in [2.24, 2.45) is 0 Å². The minimum Gasteiger partial charge on any atom is -0.370 e. The standard InChI is InChI=1S/C20H20FNO2/c21-19-9-4-8-18(16-19)20(23,17-6-2-1-3-7-17)10-5-11-22-12-14-24-15-13-22/h1-4,6-9,16,23H,11-15H2/p+1. The molecule has 0 spiro atoms. The first kappa shape index (κ1) is 16.7. The van der Waals surface area contributed by atoms with Gasteiger partial charge in [0.15, 0.2) is 5.60 Å². The van der Waals surface area contributed by atoms with Crippen LogP contribution in [0.15, 0.2) is 54.6 Å². The number of benzene rings is 2. The van der Waals surface area contributed by atoms with Crippen LogP contribution >= 0.6 is 0 Å². The molecule has 124 valence electrons. The van der Waals surface area contributed by atoms with Gasteiger partial charge in [0, 0.05) is 11.1 Å². The molecule has 0 saturated carbocycles. The molecule has 1 heterocycles. The molecular formula is C20H21FNO2+. The Morgan fingerprint density at radius 3 is 2.46 bits per heavy atom. The number of rotatable bonds is 3. The minimum absolute atomic E-state index is 0.387. The second-order valence-corrected chi connectivity index (χ2v) is 5.93. The molecule has 0 amide bonds. The molecule has 2 aromatic carbocycles. The zero-order valence-corrected chi connectivity index (χ0v) is 13.5. The normalized spacial score (nSPS) is 17.6. The number of hydrogen-bond acceptors (Lipinski definition) is 2. The van der Waals surface area contributed by atoms with Gasteiger partial charge >= 0.3 is 0 Å². The quantitative estimate of drug-likeness (QED) is 0.825. The van der Waals surface area contributed by atoms with E-state index in [1.54, 1.807) is 24.3 Å². The highest BCUT2D eigenvalue weighted by atomic mass is 19.1. The van der Waals surface area contributed by atoms with Crippen LogP contribution < -0.4 is 4.90 Å².